The fourth-order valence-electron chi connectivity index (χ4n) is 5.63. The van der Waals surface area contributed by atoms with E-state index in [9.17, 15) is 0 Å². The summed E-state index contributed by atoms with van der Waals surface area (Å²) in [6.07, 6.45) is 0. The van der Waals surface area contributed by atoms with Gasteiger partial charge in [0, 0.05) is 46.7 Å². The molecule has 3 heteroatoms. The van der Waals surface area contributed by atoms with Gasteiger partial charge in [0.15, 0.2) is 0 Å². The molecule has 0 radical (unpaired) electrons. The number of anilines is 3. The summed E-state index contributed by atoms with van der Waals surface area (Å²) >= 11 is 3.76. The first-order chi connectivity index (χ1) is 18.4. The SMILES string of the molecule is c1ccc(N(c2c3ccccc3cc3c2sc2ccccc23)c2cccc3sc4ccccc4c23)cc1. The van der Waals surface area contributed by atoms with Gasteiger partial charge in [-0.15, -0.1) is 22.7 Å². The second-order valence-corrected chi connectivity index (χ2v) is 11.5. The van der Waals surface area contributed by atoms with E-state index in [-0.39, 0.29) is 0 Å². The molecule has 0 bridgehead atoms. The van der Waals surface area contributed by atoms with Gasteiger partial charge in [0.05, 0.1) is 16.1 Å². The Hall–Kier alpha value is -4.18. The van der Waals surface area contributed by atoms with Crippen molar-refractivity contribution in [3.05, 3.63) is 127 Å². The van der Waals surface area contributed by atoms with Crippen LogP contribution < -0.4 is 4.90 Å². The van der Waals surface area contributed by atoms with Crippen molar-refractivity contribution in [1.82, 2.24) is 0 Å². The average Bonchev–Trinajstić information content (AvgIpc) is 3.52. The van der Waals surface area contributed by atoms with Crippen molar-refractivity contribution in [1.29, 1.82) is 0 Å². The van der Waals surface area contributed by atoms with E-state index < -0.39 is 0 Å². The summed E-state index contributed by atoms with van der Waals surface area (Å²) in [5.41, 5.74) is 3.64. The van der Waals surface area contributed by atoms with Crippen LogP contribution in [0, 0.1) is 0 Å². The highest BCUT2D eigenvalue weighted by Crippen LogP contribution is 2.51. The first-order valence-corrected chi connectivity index (χ1v) is 14.1. The number of benzene rings is 6. The zero-order chi connectivity index (χ0) is 24.3. The Bertz CT molecular complexity index is 2100. The van der Waals surface area contributed by atoms with Gasteiger partial charge in [0.2, 0.25) is 0 Å². The molecule has 1 nitrogen and oxygen atoms in total. The van der Waals surface area contributed by atoms with Gasteiger partial charge in [-0.2, -0.15) is 0 Å². The standard InChI is InChI=1S/C34H21NS2/c1-2-12-23(13-3-1)35(28-17-10-20-31-32(28)26-16-7-9-19-30(26)36-31)33-24-14-5-4-11-22(24)21-27-25-15-6-8-18-29(25)37-34(27)33/h1-21H. The van der Waals surface area contributed by atoms with E-state index in [2.05, 4.69) is 132 Å². The smallest absolute Gasteiger partial charge is 0.0718 e. The highest BCUT2D eigenvalue weighted by atomic mass is 32.1. The lowest BCUT2D eigenvalue weighted by molar-refractivity contribution is 1.33. The predicted molar refractivity (Wildman–Crippen MR) is 164 cm³/mol. The maximum atomic E-state index is 2.50. The summed E-state index contributed by atoms with van der Waals surface area (Å²) in [6, 6.07) is 46.4. The van der Waals surface area contributed by atoms with E-state index >= 15 is 0 Å². The van der Waals surface area contributed by atoms with Crippen molar-refractivity contribution < 1.29 is 0 Å². The van der Waals surface area contributed by atoms with E-state index in [1.807, 2.05) is 22.7 Å². The van der Waals surface area contributed by atoms with Gasteiger partial charge in [0.1, 0.15) is 0 Å². The second kappa shape index (κ2) is 8.17. The van der Waals surface area contributed by atoms with Crippen molar-refractivity contribution in [3.8, 4) is 0 Å². The van der Waals surface area contributed by atoms with Gasteiger partial charge in [0.25, 0.3) is 0 Å². The van der Waals surface area contributed by atoms with Crippen molar-refractivity contribution in [2.75, 3.05) is 4.90 Å². The molecule has 0 aliphatic rings. The Balaban J connectivity index is 1.58. The molecule has 174 valence electrons. The third kappa shape index (κ3) is 3.15. The molecule has 6 aromatic carbocycles. The lowest BCUT2D eigenvalue weighted by Gasteiger charge is -2.28. The number of hydrogen-bond acceptors (Lipinski definition) is 3. The summed E-state index contributed by atoms with van der Waals surface area (Å²) in [5.74, 6) is 0. The molecule has 2 heterocycles. The molecule has 2 aromatic heterocycles. The molecule has 0 saturated carbocycles. The quantitative estimate of drug-likeness (QED) is 0.230. The number of rotatable bonds is 3. The second-order valence-electron chi connectivity index (χ2n) is 9.34. The van der Waals surface area contributed by atoms with Crippen LogP contribution in [0.4, 0.5) is 17.1 Å². The summed E-state index contributed by atoms with van der Waals surface area (Å²) in [5, 5.41) is 7.79. The Kier molecular flexibility index (Phi) is 4.63. The minimum atomic E-state index is 1.17. The molecule has 0 N–H and O–H groups in total. The van der Waals surface area contributed by atoms with Crippen molar-refractivity contribution in [2.45, 2.75) is 0 Å². The van der Waals surface area contributed by atoms with Crippen LogP contribution >= 0.6 is 22.7 Å². The zero-order valence-electron chi connectivity index (χ0n) is 19.9. The topological polar surface area (TPSA) is 3.24 Å². The fourth-order valence-corrected chi connectivity index (χ4v) is 7.99. The zero-order valence-corrected chi connectivity index (χ0v) is 21.5. The van der Waals surface area contributed by atoms with E-state index in [0.717, 1.165) is 0 Å². The first-order valence-electron chi connectivity index (χ1n) is 12.5. The Morgan fingerprint density at radius 1 is 0.459 bits per heavy atom. The third-order valence-corrected chi connectivity index (χ3v) is 9.55. The van der Waals surface area contributed by atoms with Gasteiger partial charge < -0.3 is 4.90 Å². The maximum Gasteiger partial charge on any atom is 0.0718 e. The van der Waals surface area contributed by atoms with Crippen LogP contribution in [-0.2, 0) is 0 Å². The molecule has 0 fully saturated rings. The number of hydrogen-bond donors (Lipinski definition) is 0. The lowest BCUT2D eigenvalue weighted by atomic mass is 10.0. The molecule has 8 rings (SSSR count). The van der Waals surface area contributed by atoms with E-state index in [1.54, 1.807) is 0 Å². The van der Waals surface area contributed by atoms with Crippen LogP contribution in [0.15, 0.2) is 127 Å². The summed E-state index contributed by atoms with van der Waals surface area (Å²) < 4.78 is 5.27. The van der Waals surface area contributed by atoms with Gasteiger partial charge >= 0.3 is 0 Å². The van der Waals surface area contributed by atoms with Crippen molar-refractivity contribution in [3.63, 3.8) is 0 Å². The molecule has 0 aliphatic heterocycles. The summed E-state index contributed by atoms with van der Waals surface area (Å²) in [4.78, 5) is 2.50. The largest absolute Gasteiger partial charge is 0.308 e. The van der Waals surface area contributed by atoms with Gasteiger partial charge in [-0.25, -0.2) is 0 Å². The number of fused-ring (bicyclic) bond motifs is 7. The van der Waals surface area contributed by atoms with Gasteiger partial charge in [-0.3, -0.25) is 0 Å². The Morgan fingerprint density at radius 3 is 1.95 bits per heavy atom. The highest BCUT2D eigenvalue weighted by molar-refractivity contribution is 7.26. The van der Waals surface area contributed by atoms with Crippen LogP contribution in [0.2, 0.25) is 0 Å². The first kappa shape index (κ1) is 21.0. The molecule has 0 unspecified atom stereocenters. The van der Waals surface area contributed by atoms with Crippen LogP contribution in [-0.4, -0.2) is 0 Å². The summed E-state index contributed by atoms with van der Waals surface area (Å²) in [7, 11) is 0. The fraction of sp³-hybridized carbons (Fsp3) is 0. The Labute approximate surface area is 222 Å². The molecular formula is C34H21NS2. The third-order valence-electron chi connectivity index (χ3n) is 7.22. The molecule has 0 spiro atoms. The Morgan fingerprint density at radius 2 is 1.11 bits per heavy atom. The van der Waals surface area contributed by atoms with Gasteiger partial charge in [-0.05, 0) is 47.9 Å². The molecule has 37 heavy (non-hydrogen) atoms. The number of thiophene rings is 2. The minimum Gasteiger partial charge on any atom is -0.308 e. The van der Waals surface area contributed by atoms with E-state index in [1.165, 1.54) is 68.2 Å². The maximum absolute atomic E-state index is 2.50. The normalized spacial score (nSPS) is 11.8. The predicted octanol–water partition coefficient (Wildman–Crippen LogP) is 11.0. The average molecular weight is 508 g/mol. The highest BCUT2D eigenvalue weighted by Gasteiger charge is 2.23. The summed E-state index contributed by atoms with van der Waals surface area (Å²) in [6.45, 7) is 0. The molecule has 0 amide bonds. The molecule has 0 saturated heterocycles. The molecule has 0 aliphatic carbocycles. The molecular weight excluding hydrogens is 487 g/mol. The van der Waals surface area contributed by atoms with Crippen LogP contribution in [0.1, 0.15) is 0 Å². The van der Waals surface area contributed by atoms with Crippen LogP contribution in [0.25, 0.3) is 51.1 Å². The lowest BCUT2D eigenvalue weighted by Crippen LogP contribution is -2.11. The van der Waals surface area contributed by atoms with Crippen LogP contribution in [0.3, 0.4) is 0 Å². The van der Waals surface area contributed by atoms with Crippen molar-refractivity contribution in [2.24, 2.45) is 0 Å². The van der Waals surface area contributed by atoms with Crippen LogP contribution in [0.5, 0.6) is 0 Å². The minimum absolute atomic E-state index is 1.17. The molecule has 0 atom stereocenters. The monoisotopic (exact) mass is 507 g/mol. The number of para-hydroxylation sites is 1. The number of nitrogens with zero attached hydrogens (tertiary/aromatic N) is 1. The molecule has 8 aromatic rings. The van der Waals surface area contributed by atoms with E-state index in [4.69, 9.17) is 0 Å². The van der Waals surface area contributed by atoms with Crippen molar-refractivity contribution >= 4 is 90.9 Å². The van der Waals surface area contributed by atoms with Gasteiger partial charge in [-0.1, -0.05) is 84.9 Å². The van der Waals surface area contributed by atoms with E-state index in [0.29, 0.717) is 0 Å².